The molecule has 0 unspecified atom stereocenters. The molecule has 11 heteroatoms. The van der Waals surface area contributed by atoms with E-state index in [0.717, 1.165) is 16.6 Å². The minimum atomic E-state index is -3.95. The van der Waals surface area contributed by atoms with Gasteiger partial charge in [-0.2, -0.15) is 0 Å². The lowest BCUT2D eigenvalue weighted by atomic mass is 10.1. The third kappa shape index (κ3) is 8.37. The highest BCUT2D eigenvalue weighted by atomic mass is 35.5. The molecule has 0 fully saturated rings. The zero-order chi connectivity index (χ0) is 26.3. The topological polar surface area (TPSA) is 86.8 Å². The molecule has 0 heterocycles. The summed E-state index contributed by atoms with van der Waals surface area (Å²) in [4.78, 5) is 27.9. The van der Waals surface area contributed by atoms with Gasteiger partial charge >= 0.3 is 0 Å². The lowest BCUT2D eigenvalue weighted by molar-refractivity contribution is -0.140. The van der Waals surface area contributed by atoms with Crippen LogP contribution in [-0.4, -0.2) is 50.5 Å². The highest BCUT2D eigenvalue weighted by Crippen LogP contribution is 2.25. The number of carbonyl (C=O) groups is 2. The molecular formula is C24H30Cl2FN3O4S. The van der Waals surface area contributed by atoms with E-state index < -0.39 is 34.3 Å². The lowest BCUT2D eigenvalue weighted by Gasteiger charge is -2.33. The van der Waals surface area contributed by atoms with Gasteiger partial charge in [-0.1, -0.05) is 56.1 Å². The van der Waals surface area contributed by atoms with Crippen molar-refractivity contribution in [2.75, 3.05) is 23.7 Å². The van der Waals surface area contributed by atoms with Gasteiger partial charge in [-0.25, -0.2) is 12.8 Å². The Morgan fingerprint density at radius 1 is 1.11 bits per heavy atom. The maximum Gasteiger partial charge on any atom is 0.244 e. The summed E-state index contributed by atoms with van der Waals surface area (Å²) >= 11 is 12.3. The van der Waals surface area contributed by atoms with Gasteiger partial charge in [-0.05, 0) is 48.2 Å². The number of carbonyl (C=O) groups excluding carboxylic acids is 2. The average Bonchev–Trinajstić information content (AvgIpc) is 2.76. The van der Waals surface area contributed by atoms with Gasteiger partial charge in [-0.15, -0.1) is 0 Å². The van der Waals surface area contributed by atoms with Gasteiger partial charge < -0.3 is 10.2 Å². The summed E-state index contributed by atoms with van der Waals surface area (Å²) in [7, 11) is -3.95. The van der Waals surface area contributed by atoms with Crippen molar-refractivity contribution < 1.29 is 22.4 Å². The van der Waals surface area contributed by atoms with E-state index in [1.165, 1.54) is 29.2 Å². The molecule has 2 amide bonds. The molecule has 0 aromatic heterocycles. The van der Waals surface area contributed by atoms with Crippen LogP contribution >= 0.6 is 23.2 Å². The minimum Gasteiger partial charge on any atom is -0.354 e. The van der Waals surface area contributed by atoms with Gasteiger partial charge in [0.2, 0.25) is 21.8 Å². The molecule has 1 N–H and O–H groups in total. The minimum absolute atomic E-state index is 0.00244. The van der Waals surface area contributed by atoms with E-state index in [1.807, 2.05) is 13.8 Å². The number of nitrogens with one attached hydrogen (secondary N) is 1. The number of hydrogen-bond donors (Lipinski definition) is 1. The van der Waals surface area contributed by atoms with Crippen molar-refractivity contribution in [1.82, 2.24) is 10.2 Å². The maximum atomic E-state index is 13.8. The van der Waals surface area contributed by atoms with Crippen LogP contribution in [0.2, 0.25) is 10.0 Å². The summed E-state index contributed by atoms with van der Waals surface area (Å²) in [5.41, 5.74) is 0.541. The first-order valence-electron chi connectivity index (χ1n) is 11.1. The molecular weight excluding hydrogens is 516 g/mol. The van der Waals surface area contributed by atoms with Crippen molar-refractivity contribution in [1.29, 1.82) is 0 Å². The van der Waals surface area contributed by atoms with Gasteiger partial charge in [0.25, 0.3) is 0 Å². The summed E-state index contributed by atoms with van der Waals surface area (Å²) in [6.45, 7) is 5.38. The van der Waals surface area contributed by atoms with E-state index in [0.29, 0.717) is 22.2 Å². The fraction of sp³-hybridized carbons (Fsp3) is 0.417. The summed E-state index contributed by atoms with van der Waals surface area (Å²) in [6.07, 6.45) is 1.21. The van der Waals surface area contributed by atoms with Crippen LogP contribution < -0.4 is 9.62 Å². The van der Waals surface area contributed by atoms with E-state index in [9.17, 15) is 22.4 Å². The first kappa shape index (κ1) is 28.9. The molecule has 0 bridgehead atoms. The summed E-state index contributed by atoms with van der Waals surface area (Å²) in [5, 5.41) is 3.55. The van der Waals surface area contributed by atoms with E-state index in [4.69, 9.17) is 23.2 Å². The molecule has 2 aromatic rings. The van der Waals surface area contributed by atoms with Crippen molar-refractivity contribution in [3.8, 4) is 0 Å². The second-order valence-corrected chi connectivity index (χ2v) is 11.3. The first-order valence-corrected chi connectivity index (χ1v) is 13.7. The summed E-state index contributed by atoms with van der Waals surface area (Å²) < 4.78 is 39.7. The molecule has 0 saturated heterocycles. The fourth-order valence-electron chi connectivity index (χ4n) is 3.42. The van der Waals surface area contributed by atoms with Crippen LogP contribution in [0, 0.1) is 11.7 Å². The molecule has 2 aromatic carbocycles. The van der Waals surface area contributed by atoms with Crippen molar-refractivity contribution in [2.24, 2.45) is 5.92 Å². The first-order chi connectivity index (χ1) is 16.3. The van der Waals surface area contributed by atoms with Crippen LogP contribution in [0.4, 0.5) is 10.1 Å². The van der Waals surface area contributed by atoms with Crippen molar-refractivity contribution in [3.05, 3.63) is 63.9 Å². The van der Waals surface area contributed by atoms with Crippen LogP contribution in [0.3, 0.4) is 0 Å². The standard InChI is InChI=1S/C24H30Cl2FN3O4S/c1-5-22(24(32)28-13-16(2)3)29(14-17-9-10-18(25)11-21(17)26)23(31)15-30(35(4,33)34)20-8-6-7-19(27)12-20/h6-12,16,22H,5,13-15H2,1-4H3,(H,28,32)/t22-/m0/s1. The third-order valence-corrected chi connectivity index (χ3v) is 6.93. The molecule has 0 spiro atoms. The van der Waals surface area contributed by atoms with Crippen molar-refractivity contribution in [2.45, 2.75) is 39.8 Å². The quantitative estimate of drug-likeness (QED) is 0.451. The SMILES string of the molecule is CC[C@@H](C(=O)NCC(C)C)N(Cc1ccc(Cl)cc1Cl)C(=O)CN(c1cccc(F)c1)S(C)(=O)=O. The average molecular weight is 546 g/mol. The van der Waals surface area contributed by atoms with Gasteiger partial charge in [0.05, 0.1) is 11.9 Å². The number of hydrogen-bond acceptors (Lipinski definition) is 4. The Labute approximate surface area is 216 Å². The molecule has 1 atom stereocenters. The van der Waals surface area contributed by atoms with Gasteiger partial charge in [0, 0.05) is 23.1 Å². The summed E-state index contributed by atoms with van der Waals surface area (Å²) in [5.74, 6) is -1.46. The highest BCUT2D eigenvalue weighted by Gasteiger charge is 2.32. The lowest BCUT2D eigenvalue weighted by Crippen LogP contribution is -2.52. The van der Waals surface area contributed by atoms with Crippen LogP contribution in [-0.2, 0) is 26.2 Å². The van der Waals surface area contributed by atoms with E-state index in [-0.39, 0.29) is 30.5 Å². The predicted octanol–water partition coefficient (Wildman–Crippen LogP) is 4.48. The summed E-state index contributed by atoms with van der Waals surface area (Å²) in [6, 6.07) is 8.84. The predicted molar refractivity (Wildman–Crippen MR) is 138 cm³/mol. The van der Waals surface area contributed by atoms with Crippen LogP contribution in [0.25, 0.3) is 0 Å². The fourth-order valence-corrected chi connectivity index (χ4v) is 4.73. The highest BCUT2D eigenvalue weighted by molar-refractivity contribution is 7.92. The van der Waals surface area contributed by atoms with Crippen LogP contribution in [0.15, 0.2) is 42.5 Å². The van der Waals surface area contributed by atoms with Crippen LogP contribution in [0.5, 0.6) is 0 Å². The molecule has 0 saturated carbocycles. The van der Waals surface area contributed by atoms with Gasteiger partial charge in [0.1, 0.15) is 18.4 Å². The smallest absolute Gasteiger partial charge is 0.244 e. The molecule has 0 aliphatic rings. The number of amides is 2. The number of nitrogens with zero attached hydrogens (tertiary/aromatic N) is 2. The number of anilines is 1. The zero-order valence-electron chi connectivity index (χ0n) is 20.1. The molecule has 35 heavy (non-hydrogen) atoms. The Bertz CT molecular complexity index is 1160. The molecule has 0 aliphatic carbocycles. The van der Waals surface area contributed by atoms with Gasteiger partial charge in [-0.3, -0.25) is 13.9 Å². The Kier molecular flexibility index (Phi) is 10.4. The number of sulfonamides is 1. The van der Waals surface area contributed by atoms with Crippen LogP contribution in [0.1, 0.15) is 32.8 Å². The Hall–Kier alpha value is -2.36. The Morgan fingerprint density at radius 3 is 2.34 bits per heavy atom. The normalized spacial score (nSPS) is 12.3. The molecule has 2 rings (SSSR count). The zero-order valence-corrected chi connectivity index (χ0v) is 22.4. The number of benzene rings is 2. The molecule has 7 nitrogen and oxygen atoms in total. The van der Waals surface area contributed by atoms with Gasteiger partial charge in [0.15, 0.2) is 0 Å². The Morgan fingerprint density at radius 2 is 1.80 bits per heavy atom. The maximum absolute atomic E-state index is 13.8. The molecule has 192 valence electrons. The van der Waals surface area contributed by atoms with E-state index in [1.54, 1.807) is 19.1 Å². The number of rotatable bonds is 11. The second kappa shape index (κ2) is 12.6. The van der Waals surface area contributed by atoms with E-state index in [2.05, 4.69) is 5.32 Å². The third-order valence-electron chi connectivity index (χ3n) is 5.20. The Balaban J connectivity index is 2.46. The van der Waals surface area contributed by atoms with Crippen molar-refractivity contribution >= 4 is 50.7 Å². The molecule has 0 radical (unpaired) electrons. The van der Waals surface area contributed by atoms with Crippen molar-refractivity contribution in [3.63, 3.8) is 0 Å². The van der Waals surface area contributed by atoms with E-state index >= 15 is 0 Å². The second-order valence-electron chi connectivity index (χ2n) is 8.57. The monoisotopic (exact) mass is 545 g/mol. The number of halogens is 3. The molecule has 0 aliphatic heterocycles. The largest absolute Gasteiger partial charge is 0.354 e.